The molecule has 0 aromatic heterocycles. The maximum atomic E-state index is 13.4. The Morgan fingerprint density at radius 3 is 2.21 bits per heavy atom. The highest BCUT2D eigenvalue weighted by atomic mass is 32.2. The molecule has 1 aliphatic rings. The average molecular weight is 558 g/mol. The van der Waals surface area contributed by atoms with E-state index in [9.17, 15) is 21.6 Å². The molecule has 3 aromatic carbocycles. The quantitative estimate of drug-likeness (QED) is 0.416. The molecular weight excluding hydrogens is 522 g/mol. The van der Waals surface area contributed by atoms with Crippen molar-refractivity contribution >= 4 is 36.5 Å². The Labute approximate surface area is 225 Å². The zero-order chi connectivity index (χ0) is 27.5. The van der Waals surface area contributed by atoms with Gasteiger partial charge >= 0.3 is 0 Å². The molecule has 0 bridgehead atoms. The van der Waals surface area contributed by atoms with Gasteiger partial charge in [-0.3, -0.25) is 9.69 Å². The first-order valence-electron chi connectivity index (χ1n) is 12.8. The summed E-state index contributed by atoms with van der Waals surface area (Å²) < 4.78 is 54.1. The second-order valence-electron chi connectivity index (χ2n) is 10.1. The maximum absolute atomic E-state index is 13.4. The van der Waals surface area contributed by atoms with Crippen LogP contribution in [0.2, 0.25) is 0 Å². The second kappa shape index (κ2) is 11.5. The molecule has 0 aliphatic carbocycles. The van der Waals surface area contributed by atoms with E-state index in [4.69, 9.17) is 0 Å². The molecule has 0 saturated carbocycles. The van der Waals surface area contributed by atoms with Crippen molar-refractivity contribution in [3.8, 4) is 0 Å². The minimum absolute atomic E-state index is 0.0386. The van der Waals surface area contributed by atoms with Gasteiger partial charge in [0.15, 0.2) is 9.84 Å². The molecule has 10 heteroatoms. The van der Waals surface area contributed by atoms with Crippen molar-refractivity contribution in [3.63, 3.8) is 0 Å². The number of carbonyl (C=O) groups is 1. The zero-order valence-electron chi connectivity index (χ0n) is 21.9. The molecule has 1 saturated heterocycles. The fourth-order valence-electron chi connectivity index (χ4n) is 5.21. The molecule has 3 aromatic rings. The molecule has 204 valence electrons. The summed E-state index contributed by atoms with van der Waals surface area (Å²) in [7, 11) is -7.53. The number of amides is 1. The predicted octanol–water partition coefficient (Wildman–Crippen LogP) is 3.58. The van der Waals surface area contributed by atoms with Crippen molar-refractivity contribution in [3.05, 3.63) is 72.3 Å². The van der Waals surface area contributed by atoms with Crippen molar-refractivity contribution in [2.45, 2.75) is 61.0 Å². The molecule has 8 nitrogen and oxygen atoms in total. The van der Waals surface area contributed by atoms with Gasteiger partial charge < -0.3 is 5.32 Å². The molecule has 1 aliphatic heterocycles. The predicted molar refractivity (Wildman–Crippen MR) is 149 cm³/mol. The summed E-state index contributed by atoms with van der Waals surface area (Å²) in [6, 6.07) is 18.4. The summed E-state index contributed by atoms with van der Waals surface area (Å²) in [6.07, 6.45) is 4.21. The largest absolute Gasteiger partial charge is 0.347 e. The number of sulfone groups is 1. The van der Waals surface area contributed by atoms with Crippen molar-refractivity contribution < 1.29 is 21.6 Å². The van der Waals surface area contributed by atoms with Crippen LogP contribution < -0.4 is 10.0 Å². The Hall–Kier alpha value is -2.79. The molecule has 1 heterocycles. The summed E-state index contributed by atoms with van der Waals surface area (Å²) in [4.78, 5) is 15.7. The topological polar surface area (TPSA) is 113 Å². The van der Waals surface area contributed by atoms with Gasteiger partial charge in [0.25, 0.3) is 5.91 Å². The number of carbonyl (C=O) groups excluding carboxylic acids is 1. The normalized spacial score (nSPS) is 19.8. The van der Waals surface area contributed by atoms with Gasteiger partial charge in [-0.1, -0.05) is 55.0 Å². The molecule has 0 radical (unpaired) electrons. The van der Waals surface area contributed by atoms with E-state index in [-0.39, 0.29) is 34.0 Å². The van der Waals surface area contributed by atoms with Crippen LogP contribution in [-0.4, -0.2) is 65.1 Å². The average Bonchev–Trinajstić information content (AvgIpc) is 2.88. The van der Waals surface area contributed by atoms with Crippen LogP contribution in [0.5, 0.6) is 0 Å². The molecule has 4 rings (SSSR count). The first-order valence-corrected chi connectivity index (χ1v) is 16.2. The third kappa shape index (κ3) is 6.43. The van der Waals surface area contributed by atoms with Gasteiger partial charge in [-0.2, -0.15) is 0 Å². The molecule has 38 heavy (non-hydrogen) atoms. The van der Waals surface area contributed by atoms with Crippen LogP contribution in [-0.2, 0) is 19.9 Å². The van der Waals surface area contributed by atoms with Crippen LogP contribution in [0.3, 0.4) is 0 Å². The van der Waals surface area contributed by atoms with E-state index in [2.05, 4.69) is 28.8 Å². The lowest BCUT2D eigenvalue weighted by atomic mass is 9.97. The number of hydrogen-bond acceptors (Lipinski definition) is 6. The summed E-state index contributed by atoms with van der Waals surface area (Å²) in [5.74, 6) is -0.558. The van der Waals surface area contributed by atoms with Crippen LogP contribution in [0.1, 0.15) is 43.5 Å². The zero-order valence-corrected chi connectivity index (χ0v) is 23.6. The first kappa shape index (κ1) is 28.2. The third-order valence-electron chi connectivity index (χ3n) is 7.23. The van der Waals surface area contributed by atoms with Gasteiger partial charge in [0.05, 0.1) is 21.4 Å². The Bertz CT molecular complexity index is 1510. The molecule has 3 atom stereocenters. The van der Waals surface area contributed by atoms with Crippen LogP contribution in [0.4, 0.5) is 0 Å². The number of rotatable bonds is 9. The molecule has 1 fully saturated rings. The van der Waals surface area contributed by atoms with Gasteiger partial charge in [-0.05, 0) is 50.3 Å². The minimum atomic E-state index is -3.90. The Kier molecular flexibility index (Phi) is 8.56. The van der Waals surface area contributed by atoms with E-state index in [1.807, 2.05) is 18.2 Å². The van der Waals surface area contributed by atoms with Crippen molar-refractivity contribution in [2.24, 2.45) is 0 Å². The number of nitrogens with zero attached hydrogens (tertiary/aromatic N) is 1. The first-order chi connectivity index (χ1) is 18.0. The van der Waals surface area contributed by atoms with Gasteiger partial charge in [-0.25, -0.2) is 21.6 Å². The lowest BCUT2D eigenvalue weighted by Crippen LogP contribution is -2.54. The van der Waals surface area contributed by atoms with E-state index in [1.54, 1.807) is 36.4 Å². The Morgan fingerprint density at radius 2 is 1.50 bits per heavy atom. The van der Waals surface area contributed by atoms with Crippen molar-refractivity contribution in [1.82, 2.24) is 14.9 Å². The summed E-state index contributed by atoms with van der Waals surface area (Å²) in [6.45, 7) is 4.64. The van der Waals surface area contributed by atoms with E-state index in [0.717, 1.165) is 30.9 Å². The number of hydrogen-bond donors (Lipinski definition) is 2. The number of likely N-dealkylation sites (tertiary alicyclic amines) is 1. The molecule has 0 spiro atoms. The second-order valence-corrected chi connectivity index (χ2v) is 13.8. The fourth-order valence-corrected chi connectivity index (χ4v) is 7.40. The number of piperidine rings is 1. The van der Waals surface area contributed by atoms with Crippen LogP contribution >= 0.6 is 0 Å². The van der Waals surface area contributed by atoms with Crippen LogP contribution in [0.15, 0.2) is 76.5 Å². The van der Waals surface area contributed by atoms with E-state index >= 15 is 0 Å². The highest BCUT2D eigenvalue weighted by molar-refractivity contribution is 7.90. The lowest BCUT2D eigenvalue weighted by Gasteiger charge is -2.41. The monoisotopic (exact) mass is 557 g/mol. The Morgan fingerprint density at radius 1 is 0.895 bits per heavy atom. The van der Waals surface area contributed by atoms with Gasteiger partial charge in [-0.15, -0.1) is 0 Å². The molecule has 1 amide bonds. The number of fused-ring (bicyclic) bond motifs is 1. The van der Waals surface area contributed by atoms with Crippen molar-refractivity contribution in [1.29, 1.82) is 0 Å². The van der Waals surface area contributed by atoms with E-state index < -0.39 is 31.8 Å². The number of nitrogens with one attached hydrogen (secondary N) is 2. The maximum Gasteiger partial charge on any atom is 0.252 e. The summed E-state index contributed by atoms with van der Waals surface area (Å²) in [5, 5.41) is 4.35. The molecule has 0 unspecified atom stereocenters. The van der Waals surface area contributed by atoms with Crippen molar-refractivity contribution in [2.75, 3.05) is 19.3 Å². The van der Waals surface area contributed by atoms with Crippen LogP contribution in [0.25, 0.3) is 10.8 Å². The molecule has 2 N–H and O–H groups in total. The van der Waals surface area contributed by atoms with E-state index in [0.29, 0.717) is 11.9 Å². The highest BCUT2D eigenvalue weighted by Gasteiger charge is 2.30. The van der Waals surface area contributed by atoms with Gasteiger partial charge in [0.1, 0.15) is 0 Å². The SMILES string of the molecule is C[C@@H]1CCC[C@H](C)N1C[C@H](CNS(=O)(=O)c1cccc2ccccc12)NC(=O)c1ccccc1S(C)(=O)=O. The minimum Gasteiger partial charge on any atom is -0.347 e. The summed E-state index contributed by atoms with van der Waals surface area (Å²) in [5.41, 5.74) is 0.0386. The smallest absolute Gasteiger partial charge is 0.252 e. The van der Waals surface area contributed by atoms with Crippen LogP contribution in [0, 0.1) is 0 Å². The fraction of sp³-hybridized carbons (Fsp3) is 0.393. The number of benzene rings is 3. The third-order valence-corrected chi connectivity index (χ3v) is 9.87. The standard InChI is InChI=1S/C28H35N3O5S2/c1-20-10-8-11-21(2)31(20)19-23(30-28(32)25-15-6-7-16-26(25)37(3,33)34)18-29-38(35,36)27-17-9-13-22-12-4-5-14-24(22)27/h4-7,9,12-17,20-21,23,29H,8,10-11,18-19H2,1-3H3,(H,30,32)/t20-,21+,23-/m0/s1. The van der Waals surface area contributed by atoms with Gasteiger partial charge in [0.2, 0.25) is 10.0 Å². The van der Waals surface area contributed by atoms with Gasteiger partial charge in [0, 0.05) is 36.8 Å². The van der Waals surface area contributed by atoms with E-state index in [1.165, 1.54) is 12.1 Å². The summed E-state index contributed by atoms with van der Waals surface area (Å²) >= 11 is 0. The lowest BCUT2D eigenvalue weighted by molar-refractivity contribution is 0.0797. The molecular formula is C28H35N3O5S2. The Balaban J connectivity index is 1.61. The number of sulfonamides is 1. The highest BCUT2D eigenvalue weighted by Crippen LogP contribution is 2.24.